The number of fused-ring (bicyclic) bond motifs is 1. The summed E-state index contributed by atoms with van der Waals surface area (Å²) < 4.78 is 4.83. The largest absolute Gasteiger partial charge is 0.348 e. The summed E-state index contributed by atoms with van der Waals surface area (Å²) in [7, 11) is 0. The number of carbonyl (C=O) groups excluding carboxylic acids is 1. The van der Waals surface area contributed by atoms with Crippen LogP contribution in [0.1, 0.15) is 15.9 Å². The third-order valence-electron chi connectivity index (χ3n) is 2.71. The van der Waals surface area contributed by atoms with E-state index in [1.54, 1.807) is 24.5 Å². The number of nitrogens with one attached hydrogen (secondary N) is 1. The number of carbonyl (C=O) groups is 1. The Morgan fingerprint density at radius 1 is 1.21 bits per heavy atom. The molecule has 0 saturated heterocycles. The molecule has 5 nitrogen and oxygen atoms in total. The number of hydrogen-bond acceptors (Lipinski definition) is 5. The van der Waals surface area contributed by atoms with Gasteiger partial charge in [-0.1, -0.05) is 4.49 Å². The van der Waals surface area contributed by atoms with Crippen LogP contribution in [0.25, 0.3) is 10.2 Å². The van der Waals surface area contributed by atoms with Crippen molar-refractivity contribution in [1.29, 1.82) is 0 Å². The fourth-order valence-electron chi connectivity index (χ4n) is 1.71. The fraction of sp³-hybridized carbons (Fsp3) is 0.0769. The summed E-state index contributed by atoms with van der Waals surface area (Å²) in [5.74, 6) is -0.119. The minimum atomic E-state index is -0.119. The second kappa shape index (κ2) is 5.11. The van der Waals surface area contributed by atoms with Gasteiger partial charge in [-0.3, -0.25) is 9.78 Å². The summed E-state index contributed by atoms with van der Waals surface area (Å²) in [6.07, 6.45) is 3.41. The minimum absolute atomic E-state index is 0.119. The maximum atomic E-state index is 12.0. The fourth-order valence-corrected chi connectivity index (χ4v) is 2.25. The van der Waals surface area contributed by atoms with E-state index >= 15 is 0 Å². The van der Waals surface area contributed by atoms with Crippen molar-refractivity contribution >= 4 is 27.7 Å². The lowest BCUT2D eigenvalue weighted by Crippen LogP contribution is -2.22. The number of pyridine rings is 1. The van der Waals surface area contributed by atoms with Gasteiger partial charge in [-0.25, -0.2) is 0 Å². The Hall–Kier alpha value is -2.34. The molecule has 1 N–H and O–H groups in total. The molecule has 3 aromatic rings. The highest BCUT2D eigenvalue weighted by Crippen LogP contribution is 2.16. The topological polar surface area (TPSA) is 67.8 Å². The SMILES string of the molecule is O=C(NCc1ccncc1)c1ccc2snnc2c1. The van der Waals surface area contributed by atoms with Crippen LogP contribution in [0.2, 0.25) is 0 Å². The molecule has 1 amide bonds. The van der Waals surface area contributed by atoms with Gasteiger partial charge >= 0.3 is 0 Å². The maximum Gasteiger partial charge on any atom is 0.251 e. The highest BCUT2D eigenvalue weighted by atomic mass is 32.1. The van der Waals surface area contributed by atoms with Crippen LogP contribution in [-0.4, -0.2) is 20.5 Å². The Kier molecular flexibility index (Phi) is 3.16. The van der Waals surface area contributed by atoms with Gasteiger partial charge in [0.1, 0.15) is 5.52 Å². The minimum Gasteiger partial charge on any atom is -0.348 e. The van der Waals surface area contributed by atoms with Crippen molar-refractivity contribution in [1.82, 2.24) is 19.9 Å². The first-order valence-electron chi connectivity index (χ1n) is 5.72. The van der Waals surface area contributed by atoms with Crippen molar-refractivity contribution in [2.24, 2.45) is 0 Å². The molecule has 0 atom stereocenters. The smallest absolute Gasteiger partial charge is 0.251 e. The van der Waals surface area contributed by atoms with Gasteiger partial charge in [0, 0.05) is 24.5 Å². The molecule has 2 aromatic heterocycles. The van der Waals surface area contributed by atoms with Crippen LogP contribution in [0.5, 0.6) is 0 Å². The summed E-state index contributed by atoms with van der Waals surface area (Å²) in [4.78, 5) is 15.9. The summed E-state index contributed by atoms with van der Waals surface area (Å²) in [5.41, 5.74) is 2.36. The van der Waals surface area contributed by atoms with E-state index in [2.05, 4.69) is 19.9 Å². The van der Waals surface area contributed by atoms with Crippen molar-refractivity contribution in [3.8, 4) is 0 Å². The third kappa shape index (κ3) is 2.58. The molecule has 3 rings (SSSR count). The van der Waals surface area contributed by atoms with Crippen LogP contribution in [0.15, 0.2) is 42.7 Å². The van der Waals surface area contributed by atoms with Gasteiger partial charge in [0.2, 0.25) is 0 Å². The van der Waals surface area contributed by atoms with Crippen molar-refractivity contribution in [3.63, 3.8) is 0 Å². The number of hydrogen-bond donors (Lipinski definition) is 1. The Morgan fingerprint density at radius 3 is 2.89 bits per heavy atom. The van der Waals surface area contributed by atoms with Gasteiger partial charge < -0.3 is 5.32 Å². The average Bonchev–Trinajstić information content (AvgIpc) is 2.93. The highest BCUT2D eigenvalue weighted by Gasteiger charge is 2.07. The Bertz CT molecular complexity index is 711. The summed E-state index contributed by atoms with van der Waals surface area (Å²) in [5, 5.41) is 6.82. The Morgan fingerprint density at radius 2 is 2.05 bits per heavy atom. The highest BCUT2D eigenvalue weighted by molar-refractivity contribution is 7.12. The van der Waals surface area contributed by atoms with E-state index in [9.17, 15) is 4.79 Å². The van der Waals surface area contributed by atoms with Gasteiger partial charge in [-0.2, -0.15) is 0 Å². The molecule has 0 spiro atoms. The second-order valence-electron chi connectivity index (χ2n) is 3.99. The van der Waals surface area contributed by atoms with E-state index in [1.165, 1.54) is 11.5 Å². The van der Waals surface area contributed by atoms with E-state index in [-0.39, 0.29) is 5.91 Å². The molecule has 0 fully saturated rings. The molecule has 19 heavy (non-hydrogen) atoms. The zero-order valence-electron chi connectivity index (χ0n) is 9.91. The molecule has 2 heterocycles. The zero-order chi connectivity index (χ0) is 13.1. The first kappa shape index (κ1) is 11.7. The predicted octanol–water partition coefficient (Wildman–Crippen LogP) is 2.02. The van der Waals surface area contributed by atoms with E-state index in [1.807, 2.05) is 18.2 Å². The lowest BCUT2D eigenvalue weighted by atomic mass is 10.2. The average molecular weight is 270 g/mol. The van der Waals surface area contributed by atoms with E-state index in [0.717, 1.165) is 15.8 Å². The summed E-state index contributed by atoms with van der Waals surface area (Å²) in [6.45, 7) is 0.481. The van der Waals surface area contributed by atoms with E-state index in [4.69, 9.17) is 0 Å². The van der Waals surface area contributed by atoms with Crippen LogP contribution in [0, 0.1) is 0 Å². The molecule has 0 saturated carbocycles. The molecular weight excluding hydrogens is 260 g/mol. The molecule has 0 radical (unpaired) electrons. The number of nitrogens with zero attached hydrogens (tertiary/aromatic N) is 3. The predicted molar refractivity (Wildman–Crippen MR) is 72.8 cm³/mol. The standard InChI is InChI=1S/C13H10N4OS/c18-13(15-8-9-3-5-14-6-4-9)10-1-2-12-11(7-10)16-17-19-12/h1-7H,8H2,(H,15,18). The number of benzene rings is 1. The van der Waals surface area contributed by atoms with Gasteiger partial charge in [0.25, 0.3) is 5.91 Å². The number of aromatic nitrogens is 3. The van der Waals surface area contributed by atoms with Crippen LogP contribution in [0.3, 0.4) is 0 Å². The Labute approximate surface area is 113 Å². The molecule has 6 heteroatoms. The van der Waals surface area contributed by atoms with Crippen molar-refractivity contribution in [3.05, 3.63) is 53.9 Å². The molecule has 94 valence electrons. The first-order chi connectivity index (χ1) is 9.33. The molecule has 1 aromatic carbocycles. The van der Waals surface area contributed by atoms with E-state index < -0.39 is 0 Å². The van der Waals surface area contributed by atoms with Gasteiger partial charge in [-0.05, 0) is 47.4 Å². The second-order valence-corrected chi connectivity index (χ2v) is 4.78. The normalized spacial score (nSPS) is 10.5. The monoisotopic (exact) mass is 270 g/mol. The number of amides is 1. The zero-order valence-corrected chi connectivity index (χ0v) is 10.7. The summed E-state index contributed by atoms with van der Waals surface area (Å²) >= 11 is 1.32. The number of rotatable bonds is 3. The molecule has 0 bridgehead atoms. The van der Waals surface area contributed by atoms with E-state index in [0.29, 0.717) is 12.1 Å². The Balaban J connectivity index is 1.73. The lowest BCUT2D eigenvalue weighted by molar-refractivity contribution is 0.0951. The third-order valence-corrected chi connectivity index (χ3v) is 3.42. The van der Waals surface area contributed by atoms with Crippen LogP contribution in [-0.2, 0) is 6.54 Å². The van der Waals surface area contributed by atoms with Gasteiger partial charge in [0.15, 0.2) is 0 Å². The van der Waals surface area contributed by atoms with Crippen LogP contribution >= 0.6 is 11.5 Å². The molecule has 0 aliphatic carbocycles. The summed E-state index contributed by atoms with van der Waals surface area (Å²) in [6, 6.07) is 9.13. The van der Waals surface area contributed by atoms with Gasteiger partial charge in [-0.15, -0.1) is 5.10 Å². The molecular formula is C13H10N4OS. The quantitative estimate of drug-likeness (QED) is 0.790. The first-order valence-corrected chi connectivity index (χ1v) is 6.49. The maximum absolute atomic E-state index is 12.0. The van der Waals surface area contributed by atoms with Crippen molar-refractivity contribution < 1.29 is 4.79 Å². The van der Waals surface area contributed by atoms with Gasteiger partial charge in [0.05, 0.1) is 4.70 Å². The van der Waals surface area contributed by atoms with Crippen molar-refractivity contribution in [2.45, 2.75) is 6.54 Å². The van der Waals surface area contributed by atoms with Crippen LogP contribution < -0.4 is 5.32 Å². The lowest BCUT2D eigenvalue weighted by Gasteiger charge is -2.04. The molecule has 0 aliphatic heterocycles. The molecule has 0 aliphatic rings. The van der Waals surface area contributed by atoms with Crippen LogP contribution in [0.4, 0.5) is 0 Å². The van der Waals surface area contributed by atoms with Crippen molar-refractivity contribution in [2.75, 3.05) is 0 Å². The molecule has 0 unspecified atom stereocenters.